The van der Waals surface area contributed by atoms with Gasteiger partial charge in [0, 0.05) is 22.3 Å². The molecule has 4 aromatic rings. The van der Waals surface area contributed by atoms with Crippen molar-refractivity contribution in [1.82, 2.24) is 0 Å². The molecule has 0 aliphatic carbocycles. The predicted molar refractivity (Wildman–Crippen MR) is 91.7 cm³/mol. The number of benzene rings is 2. The van der Waals surface area contributed by atoms with Gasteiger partial charge in [0.25, 0.3) is 0 Å². The minimum Gasteiger partial charge on any atom is -0.464 e. The molecule has 0 saturated carbocycles. The molecule has 0 aliphatic rings. The molecule has 2 aromatic carbocycles. The van der Waals surface area contributed by atoms with Crippen LogP contribution in [-0.2, 0) is 0 Å². The van der Waals surface area contributed by atoms with Gasteiger partial charge in [-0.15, -0.1) is 0 Å². The molecule has 2 heterocycles. The van der Waals surface area contributed by atoms with E-state index < -0.39 is 0 Å². The minimum absolute atomic E-state index is 0.0307. The van der Waals surface area contributed by atoms with Gasteiger partial charge >= 0.3 is 0 Å². The highest BCUT2D eigenvalue weighted by atomic mass is 16.3. The molecule has 0 unspecified atom stereocenters. The van der Waals surface area contributed by atoms with Crippen LogP contribution in [0.1, 0.15) is 15.9 Å². The van der Waals surface area contributed by atoms with Crippen molar-refractivity contribution in [3.05, 3.63) is 96.4 Å². The van der Waals surface area contributed by atoms with E-state index in [2.05, 4.69) is 0 Å². The van der Waals surface area contributed by atoms with E-state index in [1.165, 1.54) is 0 Å². The van der Waals surface area contributed by atoms with Crippen LogP contribution in [0.4, 0.5) is 0 Å². The van der Waals surface area contributed by atoms with Crippen molar-refractivity contribution in [2.45, 2.75) is 0 Å². The Labute approximate surface area is 139 Å². The second-order valence-electron chi connectivity index (χ2n) is 5.45. The minimum atomic E-state index is -0.0307. The molecule has 4 rings (SSSR count). The number of ketones is 1. The van der Waals surface area contributed by atoms with Crippen molar-refractivity contribution in [2.24, 2.45) is 0 Å². The summed E-state index contributed by atoms with van der Waals surface area (Å²) in [6.45, 7) is 0. The highest BCUT2D eigenvalue weighted by molar-refractivity contribution is 6.10. The molecular formula is C21H14O3. The molecule has 0 N–H and O–H groups in total. The SMILES string of the molecule is O=C(c1cccc(-c2ccco2)c1)c1cccc(-c2ccco2)c1. The first-order chi connectivity index (χ1) is 11.8. The van der Waals surface area contributed by atoms with E-state index in [-0.39, 0.29) is 5.78 Å². The number of carbonyl (C=O) groups excluding carboxylic acids is 1. The van der Waals surface area contributed by atoms with E-state index in [9.17, 15) is 4.79 Å². The zero-order chi connectivity index (χ0) is 16.4. The molecule has 2 aromatic heterocycles. The number of hydrogen-bond acceptors (Lipinski definition) is 3. The third-order valence-electron chi connectivity index (χ3n) is 3.86. The van der Waals surface area contributed by atoms with Gasteiger partial charge in [0.2, 0.25) is 0 Å². The quantitative estimate of drug-likeness (QED) is 0.471. The van der Waals surface area contributed by atoms with Crippen LogP contribution in [-0.4, -0.2) is 5.78 Å². The van der Waals surface area contributed by atoms with Gasteiger partial charge in [0.15, 0.2) is 5.78 Å². The largest absolute Gasteiger partial charge is 0.464 e. The summed E-state index contributed by atoms with van der Waals surface area (Å²) in [7, 11) is 0. The lowest BCUT2D eigenvalue weighted by Gasteiger charge is -2.05. The molecule has 0 fully saturated rings. The first-order valence-corrected chi connectivity index (χ1v) is 7.64. The van der Waals surface area contributed by atoms with Crippen LogP contribution in [0.2, 0.25) is 0 Å². The lowest BCUT2D eigenvalue weighted by atomic mass is 9.98. The van der Waals surface area contributed by atoms with Crippen molar-refractivity contribution in [2.75, 3.05) is 0 Å². The van der Waals surface area contributed by atoms with Crippen LogP contribution in [0.25, 0.3) is 22.6 Å². The monoisotopic (exact) mass is 314 g/mol. The summed E-state index contributed by atoms with van der Waals surface area (Å²) >= 11 is 0. The van der Waals surface area contributed by atoms with E-state index in [4.69, 9.17) is 8.83 Å². The van der Waals surface area contributed by atoms with Gasteiger partial charge in [-0.3, -0.25) is 4.79 Å². The molecule has 0 amide bonds. The average Bonchev–Trinajstić information content (AvgIpc) is 3.35. The molecule has 0 saturated heterocycles. The van der Waals surface area contributed by atoms with Crippen molar-refractivity contribution in [3.63, 3.8) is 0 Å². The third-order valence-corrected chi connectivity index (χ3v) is 3.86. The Morgan fingerprint density at radius 1 is 0.625 bits per heavy atom. The Morgan fingerprint density at radius 2 is 1.12 bits per heavy atom. The Hall–Kier alpha value is -3.33. The van der Waals surface area contributed by atoms with Crippen LogP contribution in [0.15, 0.2) is 94.2 Å². The van der Waals surface area contributed by atoms with Crippen LogP contribution >= 0.6 is 0 Å². The third kappa shape index (κ3) is 2.68. The first-order valence-electron chi connectivity index (χ1n) is 7.64. The van der Waals surface area contributed by atoms with Crippen LogP contribution in [0, 0.1) is 0 Å². The van der Waals surface area contributed by atoms with E-state index in [1.54, 1.807) is 12.5 Å². The maximum Gasteiger partial charge on any atom is 0.193 e. The number of rotatable bonds is 4. The highest BCUT2D eigenvalue weighted by Gasteiger charge is 2.12. The Bertz CT molecular complexity index is 884. The second-order valence-corrected chi connectivity index (χ2v) is 5.45. The molecular weight excluding hydrogens is 300 g/mol. The summed E-state index contributed by atoms with van der Waals surface area (Å²) in [5.74, 6) is 1.46. The Morgan fingerprint density at radius 3 is 1.54 bits per heavy atom. The highest BCUT2D eigenvalue weighted by Crippen LogP contribution is 2.24. The fourth-order valence-corrected chi connectivity index (χ4v) is 2.68. The van der Waals surface area contributed by atoms with Gasteiger partial charge in [0.05, 0.1) is 12.5 Å². The topological polar surface area (TPSA) is 43.4 Å². The normalized spacial score (nSPS) is 10.7. The zero-order valence-electron chi connectivity index (χ0n) is 12.8. The fraction of sp³-hybridized carbons (Fsp3) is 0. The van der Waals surface area contributed by atoms with Crippen LogP contribution in [0.3, 0.4) is 0 Å². The van der Waals surface area contributed by atoms with Crippen molar-refractivity contribution < 1.29 is 13.6 Å². The molecule has 0 aliphatic heterocycles. The Kier molecular flexibility index (Phi) is 3.60. The van der Waals surface area contributed by atoms with Gasteiger partial charge in [0.1, 0.15) is 11.5 Å². The van der Waals surface area contributed by atoms with Crippen molar-refractivity contribution >= 4 is 5.78 Å². The number of furan rings is 2. The summed E-state index contributed by atoms with van der Waals surface area (Å²) in [6, 6.07) is 22.3. The molecule has 0 atom stereocenters. The van der Waals surface area contributed by atoms with Crippen LogP contribution in [0.5, 0.6) is 0 Å². The summed E-state index contributed by atoms with van der Waals surface area (Å²) in [6.07, 6.45) is 3.24. The molecule has 3 nitrogen and oxygen atoms in total. The van der Waals surface area contributed by atoms with Gasteiger partial charge in [-0.1, -0.05) is 36.4 Å². The van der Waals surface area contributed by atoms with Gasteiger partial charge in [-0.2, -0.15) is 0 Å². The lowest BCUT2D eigenvalue weighted by Crippen LogP contribution is -2.01. The number of carbonyl (C=O) groups is 1. The maximum absolute atomic E-state index is 12.8. The van der Waals surface area contributed by atoms with E-state index in [0.717, 1.165) is 22.6 Å². The standard InChI is InChI=1S/C21H14O3/c22-21(17-7-1-5-15(13-17)19-9-3-11-23-19)18-8-2-6-16(14-18)20-10-4-12-24-20/h1-14H. The van der Waals surface area contributed by atoms with Gasteiger partial charge < -0.3 is 8.83 Å². The van der Waals surface area contributed by atoms with Crippen molar-refractivity contribution in [3.8, 4) is 22.6 Å². The van der Waals surface area contributed by atoms with E-state index in [0.29, 0.717) is 11.1 Å². The Balaban J connectivity index is 1.69. The van der Waals surface area contributed by atoms with Gasteiger partial charge in [-0.25, -0.2) is 0 Å². The van der Waals surface area contributed by atoms with E-state index >= 15 is 0 Å². The summed E-state index contributed by atoms with van der Waals surface area (Å²) in [5.41, 5.74) is 3.02. The molecule has 0 spiro atoms. The summed E-state index contributed by atoms with van der Waals surface area (Å²) in [5, 5.41) is 0. The summed E-state index contributed by atoms with van der Waals surface area (Å²) < 4.78 is 10.8. The maximum atomic E-state index is 12.8. The molecule has 24 heavy (non-hydrogen) atoms. The summed E-state index contributed by atoms with van der Waals surface area (Å²) in [4.78, 5) is 12.8. The van der Waals surface area contributed by atoms with Gasteiger partial charge in [-0.05, 0) is 36.4 Å². The smallest absolute Gasteiger partial charge is 0.193 e. The molecule has 0 bridgehead atoms. The molecule has 3 heteroatoms. The number of hydrogen-bond donors (Lipinski definition) is 0. The van der Waals surface area contributed by atoms with Crippen molar-refractivity contribution in [1.29, 1.82) is 0 Å². The molecule has 0 radical (unpaired) electrons. The van der Waals surface area contributed by atoms with Crippen LogP contribution < -0.4 is 0 Å². The second kappa shape index (κ2) is 6.05. The van der Waals surface area contributed by atoms with E-state index in [1.807, 2.05) is 72.8 Å². The predicted octanol–water partition coefficient (Wildman–Crippen LogP) is 5.44. The first kappa shape index (κ1) is 14.3. The lowest BCUT2D eigenvalue weighted by molar-refractivity contribution is 0.103. The molecule has 116 valence electrons. The average molecular weight is 314 g/mol. The fourth-order valence-electron chi connectivity index (χ4n) is 2.68. The zero-order valence-corrected chi connectivity index (χ0v) is 12.8.